The van der Waals surface area contributed by atoms with E-state index in [4.69, 9.17) is 5.26 Å². The summed E-state index contributed by atoms with van der Waals surface area (Å²) >= 11 is 0. The Balaban J connectivity index is 2.47. The van der Waals surface area contributed by atoms with Gasteiger partial charge < -0.3 is 5.23 Å². The van der Waals surface area contributed by atoms with E-state index in [1.807, 2.05) is 12.1 Å². The highest BCUT2D eigenvalue weighted by molar-refractivity contribution is 6.70. The van der Waals surface area contributed by atoms with E-state index in [1.54, 1.807) is 0 Å². The minimum Gasteiger partial charge on any atom is -0.472 e. The van der Waals surface area contributed by atoms with Crippen molar-refractivity contribution in [3.63, 3.8) is 0 Å². The molecule has 0 amide bonds. The van der Waals surface area contributed by atoms with Gasteiger partial charge in [0.25, 0.3) is 0 Å². The van der Waals surface area contributed by atoms with Crippen molar-refractivity contribution in [2.75, 3.05) is 6.54 Å². The smallest absolute Gasteiger partial charge is 0.170 e. The Hall–Kier alpha value is -0.745. The topological polar surface area (TPSA) is 35.8 Å². The molecule has 0 aliphatic carbocycles. The van der Waals surface area contributed by atoms with E-state index in [0.717, 1.165) is 6.54 Å². The van der Waals surface area contributed by atoms with Gasteiger partial charge in [-0.15, -0.1) is 12.0 Å². The zero-order valence-electron chi connectivity index (χ0n) is 4.02. The quantitative estimate of drug-likeness (QED) is 0.408. The lowest BCUT2D eigenvalue weighted by Gasteiger charge is -1.99. The maximum Gasteiger partial charge on any atom is 0.170 e. The van der Waals surface area contributed by atoms with E-state index in [0.29, 0.717) is 0 Å². The fourth-order valence-electron chi connectivity index (χ4n) is 0.681. The minimum atomic E-state index is -0.722. The van der Waals surface area contributed by atoms with Gasteiger partial charge in [0.1, 0.15) is 0 Å². The van der Waals surface area contributed by atoms with Gasteiger partial charge in [-0.25, -0.2) is 11.2 Å². The molecule has 0 aromatic carbocycles. The standard InChI is InChI=1S/C4H6BN2/c6-4-5-2-1-3-7-5/h1-2,5,7H,3H2/q-1. The molecular weight excluding hydrogens is 86.9 g/mol. The first-order valence-corrected chi connectivity index (χ1v) is 2.43. The second kappa shape index (κ2) is 1.81. The molecule has 0 spiro atoms. The average molecular weight is 92.9 g/mol. The van der Waals surface area contributed by atoms with Gasteiger partial charge in [-0.3, -0.25) is 0 Å². The molecule has 0 bridgehead atoms. The lowest BCUT2D eigenvalue weighted by molar-refractivity contribution is 1.12. The molecule has 1 aliphatic heterocycles. The normalized spacial score (nSPS) is 27.6. The van der Waals surface area contributed by atoms with E-state index < -0.39 is 6.85 Å². The van der Waals surface area contributed by atoms with Gasteiger partial charge in [0.05, 0.1) is 0 Å². The van der Waals surface area contributed by atoms with Crippen molar-refractivity contribution in [3.8, 4) is 5.97 Å². The Morgan fingerprint density at radius 1 is 1.86 bits per heavy atom. The highest BCUT2D eigenvalue weighted by Crippen LogP contribution is 1.85. The largest absolute Gasteiger partial charge is 0.472 e. The summed E-state index contributed by atoms with van der Waals surface area (Å²) < 4.78 is 0. The van der Waals surface area contributed by atoms with E-state index >= 15 is 0 Å². The van der Waals surface area contributed by atoms with Crippen LogP contribution in [-0.4, -0.2) is 13.4 Å². The predicted octanol–water partition coefficient (Wildman–Crippen LogP) is -0.528. The summed E-state index contributed by atoms with van der Waals surface area (Å²) in [7, 11) is 0. The maximum absolute atomic E-state index is 8.24. The third-order valence-electron chi connectivity index (χ3n) is 1.10. The molecule has 0 radical (unpaired) electrons. The van der Waals surface area contributed by atoms with Crippen LogP contribution in [0.4, 0.5) is 0 Å². The van der Waals surface area contributed by atoms with Crippen LogP contribution in [0.25, 0.3) is 0 Å². The number of hydrogen-bond acceptors (Lipinski definition) is 2. The number of nitrogens with one attached hydrogen (secondary N) is 1. The summed E-state index contributed by atoms with van der Waals surface area (Å²) in [5.74, 6) is 4.09. The Morgan fingerprint density at radius 2 is 2.71 bits per heavy atom. The zero-order chi connectivity index (χ0) is 5.11. The first-order valence-electron chi connectivity index (χ1n) is 2.43. The van der Waals surface area contributed by atoms with Crippen LogP contribution in [0.2, 0.25) is 0 Å². The molecule has 1 rings (SSSR count). The summed E-state index contributed by atoms with van der Waals surface area (Å²) in [6.07, 6.45) is 1.99. The number of rotatable bonds is 0. The molecule has 7 heavy (non-hydrogen) atoms. The van der Waals surface area contributed by atoms with Crippen LogP contribution in [0.1, 0.15) is 0 Å². The van der Waals surface area contributed by atoms with Crippen molar-refractivity contribution in [2.45, 2.75) is 0 Å². The van der Waals surface area contributed by atoms with Crippen molar-refractivity contribution in [1.82, 2.24) is 5.23 Å². The van der Waals surface area contributed by atoms with Gasteiger partial charge in [-0.2, -0.15) is 0 Å². The van der Waals surface area contributed by atoms with Crippen molar-refractivity contribution in [1.29, 1.82) is 5.26 Å². The van der Waals surface area contributed by atoms with Crippen LogP contribution in [0.3, 0.4) is 0 Å². The molecule has 1 heterocycles. The fourth-order valence-corrected chi connectivity index (χ4v) is 0.681. The second-order valence-corrected chi connectivity index (χ2v) is 1.67. The first-order chi connectivity index (χ1) is 3.43. The van der Waals surface area contributed by atoms with E-state index in [2.05, 4.69) is 11.2 Å². The second-order valence-electron chi connectivity index (χ2n) is 1.67. The van der Waals surface area contributed by atoms with E-state index in [-0.39, 0.29) is 0 Å². The van der Waals surface area contributed by atoms with Crippen molar-refractivity contribution in [3.05, 3.63) is 12.1 Å². The molecule has 0 fully saturated rings. The van der Waals surface area contributed by atoms with Crippen LogP contribution in [-0.2, 0) is 0 Å². The molecule has 0 aromatic heterocycles. The Bertz CT molecular complexity index is 124. The van der Waals surface area contributed by atoms with Crippen LogP contribution in [0, 0.1) is 11.2 Å². The van der Waals surface area contributed by atoms with E-state index in [1.165, 1.54) is 0 Å². The summed E-state index contributed by atoms with van der Waals surface area (Å²) in [5.41, 5.74) is 0. The molecule has 3 heteroatoms. The molecule has 1 atom stereocenters. The molecular formula is C4H6BN2-. The van der Waals surface area contributed by atoms with E-state index in [9.17, 15) is 0 Å². The van der Waals surface area contributed by atoms with Gasteiger partial charge >= 0.3 is 0 Å². The van der Waals surface area contributed by atoms with Crippen LogP contribution in [0.15, 0.2) is 12.1 Å². The zero-order valence-corrected chi connectivity index (χ0v) is 4.02. The number of nitriles is 1. The van der Waals surface area contributed by atoms with Gasteiger partial charge in [0, 0.05) is 0 Å². The Kier molecular flexibility index (Phi) is 1.14. The molecule has 0 aromatic rings. The summed E-state index contributed by atoms with van der Waals surface area (Å²) in [4.78, 5) is 0. The predicted molar refractivity (Wildman–Crippen MR) is 29.9 cm³/mol. The molecule has 0 saturated heterocycles. The SMILES string of the molecule is N#C[BH-]1C=CCN1. The Morgan fingerprint density at radius 3 is 3.00 bits per heavy atom. The highest BCUT2D eigenvalue weighted by atomic mass is 14.8. The summed E-state index contributed by atoms with van der Waals surface area (Å²) in [6.45, 7) is 0.160. The van der Waals surface area contributed by atoms with Crippen LogP contribution >= 0.6 is 0 Å². The average Bonchev–Trinajstić information content (AvgIpc) is 2.14. The van der Waals surface area contributed by atoms with Gasteiger partial charge in [-0.1, -0.05) is 0 Å². The van der Waals surface area contributed by atoms with Gasteiger partial charge in [0.15, 0.2) is 6.85 Å². The van der Waals surface area contributed by atoms with Gasteiger partial charge in [-0.05, 0) is 6.54 Å². The third-order valence-corrected chi connectivity index (χ3v) is 1.10. The number of hydrogen-bond donors (Lipinski definition) is 1. The highest BCUT2D eigenvalue weighted by Gasteiger charge is 1.96. The summed E-state index contributed by atoms with van der Waals surface area (Å²) in [6, 6.07) is 0. The van der Waals surface area contributed by atoms with Crippen molar-refractivity contribution in [2.24, 2.45) is 0 Å². The fraction of sp³-hybridized carbons (Fsp3) is 0.250. The van der Waals surface area contributed by atoms with Crippen LogP contribution in [0.5, 0.6) is 0 Å². The monoisotopic (exact) mass is 93.1 g/mol. The molecule has 2 nitrogen and oxygen atoms in total. The molecule has 1 unspecified atom stereocenters. The van der Waals surface area contributed by atoms with Crippen molar-refractivity contribution < 1.29 is 0 Å². The lowest BCUT2D eigenvalue weighted by Crippen LogP contribution is -2.25. The van der Waals surface area contributed by atoms with Crippen LogP contribution < -0.4 is 5.23 Å². The molecule has 1 N–H and O–H groups in total. The maximum atomic E-state index is 8.24. The summed E-state index contributed by atoms with van der Waals surface area (Å²) in [5, 5.41) is 11.3. The number of nitrogens with zero attached hydrogens (tertiary/aromatic N) is 1. The lowest BCUT2D eigenvalue weighted by atomic mass is 9.67. The van der Waals surface area contributed by atoms with Crippen molar-refractivity contribution >= 4 is 6.85 Å². The third kappa shape index (κ3) is 0.817. The first kappa shape index (κ1) is 4.41. The molecule has 1 aliphatic rings. The van der Waals surface area contributed by atoms with Gasteiger partial charge in [0.2, 0.25) is 0 Å². The molecule has 0 saturated carbocycles. The Labute approximate surface area is 42.9 Å². The molecule has 36 valence electrons. The minimum absolute atomic E-state index is 0.722.